The SMILES string of the molecule is C#CC1CC(C(=O)c2cccc(N)c2)=C2C(N)=NC=NN21. The van der Waals surface area contributed by atoms with E-state index in [2.05, 4.69) is 16.0 Å². The highest BCUT2D eigenvalue weighted by atomic mass is 16.1. The highest BCUT2D eigenvalue weighted by Gasteiger charge is 2.37. The Morgan fingerprint density at radius 2 is 2.24 bits per heavy atom. The predicted molar refractivity (Wildman–Crippen MR) is 81.4 cm³/mol. The van der Waals surface area contributed by atoms with Crippen molar-refractivity contribution in [1.82, 2.24) is 5.01 Å². The standard InChI is InChI=1S/C15H13N5O/c1-2-11-7-12(13-15(17)18-8-19-20(11)13)14(21)9-4-3-5-10(16)6-9/h1,3-6,8,11H,7,16H2,(H2,17,18,19). The largest absolute Gasteiger partial charge is 0.399 e. The molecule has 104 valence electrons. The summed E-state index contributed by atoms with van der Waals surface area (Å²) in [5, 5.41) is 5.67. The van der Waals surface area contributed by atoms with Gasteiger partial charge in [-0.05, 0) is 12.1 Å². The molecule has 6 heteroatoms. The number of aliphatic imine (C=N–C) groups is 1. The molecule has 2 heterocycles. The minimum absolute atomic E-state index is 0.157. The molecule has 3 rings (SSSR count). The minimum Gasteiger partial charge on any atom is -0.399 e. The molecule has 1 aromatic rings. The van der Waals surface area contributed by atoms with Crippen LogP contribution in [0.15, 0.2) is 45.6 Å². The molecule has 2 aliphatic rings. The lowest BCUT2D eigenvalue weighted by molar-refractivity contribution is 0.103. The zero-order valence-corrected chi connectivity index (χ0v) is 11.2. The third-order valence-electron chi connectivity index (χ3n) is 3.44. The molecule has 0 amide bonds. The van der Waals surface area contributed by atoms with Crippen molar-refractivity contribution in [1.29, 1.82) is 0 Å². The van der Waals surface area contributed by atoms with Crippen LogP contribution in [0.3, 0.4) is 0 Å². The number of hydrogen-bond acceptors (Lipinski definition) is 6. The van der Waals surface area contributed by atoms with Gasteiger partial charge in [0.15, 0.2) is 11.6 Å². The molecule has 0 saturated carbocycles. The predicted octanol–water partition coefficient (Wildman–Crippen LogP) is 0.727. The number of anilines is 1. The summed E-state index contributed by atoms with van der Waals surface area (Å²) in [6.45, 7) is 0. The molecule has 6 nitrogen and oxygen atoms in total. The molecule has 0 bridgehead atoms. The fourth-order valence-corrected chi connectivity index (χ4v) is 2.47. The van der Waals surface area contributed by atoms with Crippen LogP contribution in [-0.2, 0) is 0 Å². The summed E-state index contributed by atoms with van der Waals surface area (Å²) in [5.41, 5.74) is 13.6. The number of Topliss-reactive ketones (excluding diaryl/α,β-unsaturated/α-hetero) is 1. The van der Waals surface area contributed by atoms with E-state index < -0.39 is 0 Å². The smallest absolute Gasteiger partial charge is 0.191 e. The van der Waals surface area contributed by atoms with E-state index in [1.165, 1.54) is 6.34 Å². The van der Waals surface area contributed by atoms with Gasteiger partial charge in [-0.2, -0.15) is 5.10 Å². The number of terminal acetylenes is 1. The van der Waals surface area contributed by atoms with Crippen LogP contribution < -0.4 is 11.5 Å². The molecule has 1 unspecified atom stereocenters. The van der Waals surface area contributed by atoms with Gasteiger partial charge in [0.05, 0.1) is 0 Å². The number of hydrazone groups is 1. The second-order valence-corrected chi connectivity index (χ2v) is 4.76. The zero-order valence-electron chi connectivity index (χ0n) is 11.2. The normalized spacial score (nSPS) is 20.0. The highest BCUT2D eigenvalue weighted by Crippen LogP contribution is 2.32. The van der Waals surface area contributed by atoms with Gasteiger partial charge in [-0.3, -0.25) is 4.79 Å². The minimum atomic E-state index is -0.328. The second-order valence-electron chi connectivity index (χ2n) is 4.76. The van der Waals surface area contributed by atoms with E-state index in [0.29, 0.717) is 28.9 Å². The number of ketones is 1. The van der Waals surface area contributed by atoms with E-state index in [1.807, 2.05) is 0 Å². The summed E-state index contributed by atoms with van der Waals surface area (Å²) >= 11 is 0. The molecule has 0 spiro atoms. The fraction of sp³-hybridized carbons (Fsp3) is 0.133. The summed E-state index contributed by atoms with van der Waals surface area (Å²) in [4.78, 5) is 16.6. The first-order valence-electron chi connectivity index (χ1n) is 6.36. The van der Waals surface area contributed by atoms with Crippen LogP contribution in [-0.4, -0.2) is 29.0 Å². The van der Waals surface area contributed by atoms with Crippen LogP contribution in [0.5, 0.6) is 0 Å². The number of rotatable bonds is 2. The van der Waals surface area contributed by atoms with Gasteiger partial charge in [-0.1, -0.05) is 18.1 Å². The number of fused-ring (bicyclic) bond motifs is 1. The van der Waals surface area contributed by atoms with Gasteiger partial charge < -0.3 is 11.5 Å². The number of nitrogen functional groups attached to an aromatic ring is 1. The Hall–Kier alpha value is -3.07. The summed E-state index contributed by atoms with van der Waals surface area (Å²) in [6, 6.07) is 6.46. The highest BCUT2D eigenvalue weighted by molar-refractivity contribution is 6.16. The van der Waals surface area contributed by atoms with Crippen molar-refractivity contribution in [2.75, 3.05) is 5.73 Å². The van der Waals surface area contributed by atoms with Gasteiger partial charge in [0, 0.05) is 23.2 Å². The van der Waals surface area contributed by atoms with Crippen LogP contribution in [0.25, 0.3) is 0 Å². The number of nitrogens with two attached hydrogens (primary N) is 2. The maximum Gasteiger partial charge on any atom is 0.191 e. The molecule has 1 atom stereocenters. The Kier molecular flexibility index (Phi) is 2.95. The Labute approximate surface area is 121 Å². The molecule has 0 radical (unpaired) electrons. The zero-order chi connectivity index (χ0) is 15.0. The average Bonchev–Trinajstić information content (AvgIpc) is 2.86. The lowest BCUT2D eigenvalue weighted by Crippen LogP contribution is -2.33. The van der Waals surface area contributed by atoms with E-state index in [0.717, 1.165) is 0 Å². The Balaban J connectivity index is 2.07. The monoisotopic (exact) mass is 279 g/mol. The topological polar surface area (TPSA) is 97.1 Å². The lowest BCUT2D eigenvalue weighted by atomic mass is 9.98. The molecule has 4 N–H and O–H groups in total. The van der Waals surface area contributed by atoms with E-state index in [-0.39, 0.29) is 17.7 Å². The van der Waals surface area contributed by atoms with Gasteiger partial charge in [0.2, 0.25) is 0 Å². The number of nitrogens with zero attached hydrogens (tertiary/aromatic N) is 3. The molecule has 1 aromatic carbocycles. The van der Waals surface area contributed by atoms with Crippen molar-refractivity contribution in [3.8, 4) is 12.3 Å². The van der Waals surface area contributed by atoms with Crippen molar-refractivity contribution in [3.05, 3.63) is 41.1 Å². The van der Waals surface area contributed by atoms with Gasteiger partial charge in [-0.25, -0.2) is 10.0 Å². The first kappa shape index (κ1) is 12.9. The molecular weight excluding hydrogens is 266 g/mol. The van der Waals surface area contributed by atoms with Crippen molar-refractivity contribution in [2.24, 2.45) is 15.8 Å². The Morgan fingerprint density at radius 3 is 2.95 bits per heavy atom. The second kappa shape index (κ2) is 4.80. The summed E-state index contributed by atoms with van der Waals surface area (Å²) in [6.07, 6.45) is 7.22. The number of carbonyl (C=O) groups excluding carboxylic acids is 1. The quantitative estimate of drug-likeness (QED) is 0.473. The number of amidine groups is 1. The van der Waals surface area contributed by atoms with Crippen molar-refractivity contribution >= 4 is 23.6 Å². The van der Waals surface area contributed by atoms with Crippen LogP contribution >= 0.6 is 0 Å². The summed E-state index contributed by atoms with van der Waals surface area (Å²) < 4.78 is 0. The van der Waals surface area contributed by atoms with E-state index in [4.69, 9.17) is 17.9 Å². The molecule has 0 fully saturated rings. The molecule has 0 aliphatic carbocycles. The maximum atomic E-state index is 12.7. The van der Waals surface area contributed by atoms with Crippen molar-refractivity contribution < 1.29 is 4.79 Å². The first-order valence-corrected chi connectivity index (χ1v) is 6.36. The van der Waals surface area contributed by atoms with Gasteiger partial charge in [-0.15, -0.1) is 6.42 Å². The average molecular weight is 279 g/mol. The fourth-order valence-electron chi connectivity index (χ4n) is 2.47. The van der Waals surface area contributed by atoms with Gasteiger partial charge in [0.1, 0.15) is 18.1 Å². The summed E-state index contributed by atoms with van der Waals surface area (Å²) in [7, 11) is 0. The van der Waals surface area contributed by atoms with Crippen LogP contribution in [0.1, 0.15) is 16.8 Å². The van der Waals surface area contributed by atoms with E-state index in [9.17, 15) is 4.79 Å². The van der Waals surface area contributed by atoms with E-state index in [1.54, 1.807) is 29.3 Å². The molecule has 2 aliphatic heterocycles. The first-order chi connectivity index (χ1) is 10.1. The molecule has 0 aromatic heterocycles. The van der Waals surface area contributed by atoms with Crippen LogP contribution in [0.4, 0.5) is 5.69 Å². The number of benzene rings is 1. The molecule has 21 heavy (non-hydrogen) atoms. The summed E-state index contributed by atoms with van der Waals surface area (Å²) in [5.74, 6) is 2.70. The lowest BCUT2D eigenvalue weighted by Gasteiger charge is -2.22. The maximum absolute atomic E-state index is 12.7. The molecule has 0 saturated heterocycles. The van der Waals surface area contributed by atoms with E-state index >= 15 is 0 Å². The Bertz CT molecular complexity index is 754. The van der Waals surface area contributed by atoms with Gasteiger partial charge >= 0.3 is 0 Å². The number of hydrogen-bond donors (Lipinski definition) is 2. The molecular formula is C15H13N5O. The van der Waals surface area contributed by atoms with Crippen LogP contribution in [0, 0.1) is 12.3 Å². The van der Waals surface area contributed by atoms with Crippen molar-refractivity contribution in [3.63, 3.8) is 0 Å². The number of carbonyl (C=O) groups is 1. The van der Waals surface area contributed by atoms with Crippen LogP contribution in [0.2, 0.25) is 0 Å². The third kappa shape index (κ3) is 2.05. The van der Waals surface area contributed by atoms with Crippen molar-refractivity contribution in [2.45, 2.75) is 12.5 Å². The Morgan fingerprint density at radius 1 is 1.43 bits per heavy atom. The third-order valence-corrected chi connectivity index (χ3v) is 3.44. The van der Waals surface area contributed by atoms with Gasteiger partial charge in [0.25, 0.3) is 0 Å².